The van der Waals surface area contributed by atoms with Gasteiger partial charge in [0, 0.05) is 19.2 Å². The van der Waals surface area contributed by atoms with Gasteiger partial charge in [-0.25, -0.2) is 4.79 Å². The number of rotatable bonds is 2. The lowest BCUT2D eigenvalue weighted by Gasteiger charge is -2.51. The van der Waals surface area contributed by atoms with Crippen LogP contribution in [0.25, 0.3) is 0 Å². The second-order valence-electron chi connectivity index (χ2n) is 7.81. The Morgan fingerprint density at radius 3 is 2.46 bits per heavy atom. The Labute approximate surface area is 147 Å². The molecule has 0 N–H and O–H groups in total. The third-order valence-electron chi connectivity index (χ3n) is 4.69. The molecule has 0 aromatic carbocycles. The van der Waals surface area contributed by atoms with E-state index in [-0.39, 0.29) is 12.2 Å². The van der Waals surface area contributed by atoms with Crippen LogP contribution in [0.2, 0.25) is 5.15 Å². The first-order chi connectivity index (χ1) is 11.2. The summed E-state index contributed by atoms with van der Waals surface area (Å²) in [5.74, 6) is 0.519. The molecule has 0 radical (unpaired) electrons. The number of ether oxygens (including phenoxy) is 2. The zero-order valence-corrected chi connectivity index (χ0v) is 15.2. The Morgan fingerprint density at radius 1 is 1.25 bits per heavy atom. The van der Waals surface area contributed by atoms with Crippen LogP contribution in [-0.2, 0) is 4.74 Å². The molecule has 2 fully saturated rings. The average molecular weight is 354 g/mol. The molecule has 1 aromatic rings. The second-order valence-corrected chi connectivity index (χ2v) is 8.20. The van der Waals surface area contributed by atoms with Gasteiger partial charge in [0.05, 0.1) is 0 Å². The van der Waals surface area contributed by atoms with Crippen LogP contribution in [0.15, 0.2) is 12.1 Å². The molecule has 1 aliphatic carbocycles. The smallest absolute Gasteiger partial charge is 0.410 e. The first kappa shape index (κ1) is 17.3. The molecule has 0 bridgehead atoms. The van der Waals surface area contributed by atoms with Crippen molar-refractivity contribution < 1.29 is 14.3 Å². The number of carbonyl (C=O) groups is 1. The summed E-state index contributed by atoms with van der Waals surface area (Å²) in [6.07, 6.45) is 3.96. The molecule has 0 atom stereocenters. The predicted octanol–water partition coefficient (Wildman–Crippen LogP) is 3.69. The molecule has 1 saturated carbocycles. The topological polar surface area (TPSA) is 64.5 Å². The van der Waals surface area contributed by atoms with Crippen LogP contribution in [0.1, 0.15) is 46.5 Å². The van der Waals surface area contributed by atoms with Gasteiger partial charge in [0.15, 0.2) is 5.15 Å². The Balaban J connectivity index is 1.45. The lowest BCUT2D eigenvalue weighted by Crippen LogP contribution is -2.52. The number of likely N-dealkylation sites (tertiary alicyclic amines) is 1. The molecule has 1 amide bonds. The van der Waals surface area contributed by atoms with Crippen molar-refractivity contribution in [1.29, 1.82) is 0 Å². The standard InChI is InChI=1S/C17H24ClN3O3/c1-16(2,3)24-15(22)21-8-6-17(7-9-21)10-12(11-17)23-14-5-4-13(18)19-20-14/h4-5,12H,6-11H2,1-3H3. The monoisotopic (exact) mass is 353 g/mol. The lowest BCUT2D eigenvalue weighted by atomic mass is 9.61. The van der Waals surface area contributed by atoms with E-state index in [1.165, 1.54) is 0 Å². The fraction of sp³-hybridized carbons (Fsp3) is 0.706. The predicted molar refractivity (Wildman–Crippen MR) is 90.2 cm³/mol. The van der Waals surface area contributed by atoms with Gasteiger partial charge in [0.2, 0.25) is 5.88 Å². The maximum Gasteiger partial charge on any atom is 0.410 e. The third-order valence-corrected chi connectivity index (χ3v) is 4.89. The van der Waals surface area contributed by atoms with Crippen LogP contribution in [0.3, 0.4) is 0 Å². The van der Waals surface area contributed by atoms with Gasteiger partial charge < -0.3 is 14.4 Å². The summed E-state index contributed by atoms with van der Waals surface area (Å²) in [4.78, 5) is 13.9. The van der Waals surface area contributed by atoms with Crippen molar-refractivity contribution in [2.45, 2.75) is 58.2 Å². The third kappa shape index (κ3) is 4.09. The van der Waals surface area contributed by atoms with E-state index < -0.39 is 5.60 Å². The molecule has 1 aromatic heterocycles. The summed E-state index contributed by atoms with van der Waals surface area (Å²) >= 11 is 5.72. The fourth-order valence-corrected chi connectivity index (χ4v) is 3.53. The highest BCUT2D eigenvalue weighted by molar-refractivity contribution is 6.29. The summed E-state index contributed by atoms with van der Waals surface area (Å²) in [5, 5.41) is 8.08. The largest absolute Gasteiger partial charge is 0.473 e. The first-order valence-electron chi connectivity index (χ1n) is 8.39. The number of piperidine rings is 1. The van der Waals surface area contributed by atoms with E-state index in [1.807, 2.05) is 25.7 Å². The van der Waals surface area contributed by atoms with Crippen LogP contribution in [0.4, 0.5) is 4.79 Å². The summed E-state index contributed by atoms with van der Waals surface area (Å²) in [6, 6.07) is 3.42. The molecule has 6 nitrogen and oxygen atoms in total. The van der Waals surface area contributed by atoms with Crippen molar-refractivity contribution in [3.63, 3.8) is 0 Å². The Kier molecular flexibility index (Phi) is 4.60. The van der Waals surface area contributed by atoms with Gasteiger partial charge in [-0.05, 0) is 57.9 Å². The van der Waals surface area contributed by atoms with E-state index in [4.69, 9.17) is 21.1 Å². The minimum atomic E-state index is -0.443. The maximum absolute atomic E-state index is 12.1. The van der Waals surface area contributed by atoms with Gasteiger partial charge >= 0.3 is 6.09 Å². The van der Waals surface area contributed by atoms with Gasteiger partial charge in [-0.3, -0.25) is 0 Å². The van der Waals surface area contributed by atoms with E-state index in [1.54, 1.807) is 12.1 Å². The van der Waals surface area contributed by atoms with E-state index in [2.05, 4.69) is 10.2 Å². The van der Waals surface area contributed by atoms with E-state index in [9.17, 15) is 4.79 Å². The average Bonchev–Trinajstić information content (AvgIpc) is 2.47. The van der Waals surface area contributed by atoms with Crippen LogP contribution >= 0.6 is 11.6 Å². The molecule has 1 saturated heterocycles. The van der Waals surface area contributed by atoms with Crippen LogP contribution in [0, 0.1) is 5.41 Å². The molecular formula is C17H24ClN3O3. The highest BCUT2D eigenvalue weighted by Gasteiger charge is 2.48. The Morgan fingerprint density at radius 2 is 1.92 bits per heavy atom. The number of hydrogen-bond donors (Lipinski definition) is 0. The van der Waals surface area contributed by atoms with Crippen molar-refractivity contribution in [3.8, 4) is 5.88 Å². The Bertz CT molecular complexity index is 584. The molecule has 1 aliphatic heterocycles. The quantitative estimate of drug-likeness (QED) is 0.811. The SMILES string of the molecule is CC(C)(C)OC(=O)N1CCC2(CC1)CC(Oc1ccc(Cl)nn1)C2. The molecule has 1 spiro atoms. The van der Waals surface area contributed by atoms with Crippen LogP contribution in [0.5, 0.6) is 5.88 Å². The van der Waals surface area contributed by atoms with Gasteiger partial charge in [0.25, 0.3) is 0 Å². The number of carbonyl (C=O) groups excluding carboxylic acids is 1. The zero-order chi connectivity index (χ0) is 17.4. The maximum atomic E-state index is 12.1. The van der Waals surface area contributed by atoms with Gasteiger partial charge in [-0.1, -0.05) is 11.6 Å². The molecule has 2 heterocycles. The highest BCUT2D eigenvalue weighted by atomic mass is 35.5. The van der Waals surface area contributed by atoms with E-state index >= 15 is 0 Å². The van der Waals surface area contributed by atoms with Crippen molar-refractivity contribution in [2.75, 3.05) is 13.1 Å². The molecule has 132 valence electrons. The molecule has 24 heavy (non-hydrogen) atoms. The van der Waals surface area contributed by atoms with Crippen molar-refractivity contribution in [1.82, 2.24) is 15.1 Å². The summed E-state index contributed by atoms with van der Waals surface area (Å²) < 4.78 is 11.3. The van der Waals surface area contributed by atoms with Crippen LogP contribution < -0.4 is 4.74 Å². The number of amides is 1. The van der Waals surface area contributed by atoms with Gasteiger partial charge in [-0.15, -0.1) is 10.2 Å². The fourth-order valence-electron chi connectivity index (χ4n) is 3.43. The number of hydrogen-bond acceptors (Lipinski definition) is 5. The number of nitrogens with zero attached hydrogens (tertiary/aromatic N) is 3. The second kappa shape index (κ2) is 6.39. The Hall–Kier alpha value is -1.56. The molecule has 3 rings (SSSR count). The lowest BCUT2D eigenvalue weighted by molar-refractivity contribution is -0.0599. The molecule has 2 aliphatic rings. The van der Waals surface area contributed by atoms with Crippen molar-refractivity contribution >= 4 is 17.7 Å². The summed E-state index contributed by atoms with van der Waals surface area (Å²) in [5.41, 5.74) is -0.149. The molecular weight excluding hydrogens is 330 g/mol. The highest BCUT2D eigenvalue weighted by Crippen LogP contribution is 2.50. The number of halogens is 1. The van der Waals surface area contributed by atoms with E-state index in [0.29, 0.717) is 16.4 Å². The first-order valence-corrected chi connectivity index (χ1v) is 8.76. The normalized spacial score (nSPS) is 20.6. The summed E-state index contributed by atoms with van der Waals surface area (Å²) in [6.45, 7) is 7.18. The molecule has 7 heteroatoms. The minimum Gasteiger partial charge on any atom is -0.473 e. The van der Waals surface area contributed by atoms with Gasteiger partial charge in [0.1, 0.15) is 11.7 Å². The minimum absolute atomic E-state index is 0.175. The number of aromatic nitrogens is 2. The van der Waals surface area contributed by atoms with Crippen molar-refractivity contribution in [2.24, 2.45) is 5.41 Å². The summed E-state index contributed by atoms with van der Waals surface area (Å²) in [7, 11) is 0. The zero-order valence-electron chi connectivity index (χ0n) is 14.4. The van der Waals surface area contributed by atoms with Crippen LogP contribution in [-0.4, -0.2) is 46.0 Å². The van der Waals surface area contributed by atoms with Gasteiger partial charge in [-0.2, -0.15) is 0 Å². The van der Waals surface area contributed by atoms with Crippen molar-refractivity contribution in [3.05, 3.63) is 17.3 Å². The molecule has 0 unspecified atom stereocenters. The van der Waals surface area contributed by atoms with E-state index in [0.717, 1.165) is 38.8 Å².